The second-order valence-corrected chi connectivity index (χ2v) is 10.3. The van der Waals surface area contributed by atoms with Crippen molar-refractivity contribution < 1.29 is 22.7 Å². The van der Waals surface area contributed by atoms with Gasteiger partial charge in [0.2, 0.25) is 0 Å². The van der Waals surface area contributed by atoms with E-state index in [0.29, 0.717) is 24.3 Å². The number of benzene rings is 1. The van der Waals surface area contributed by atoms with E-state index in [2.05, 4.69) is 33.0 Å². The normalized spacial score (nSPS) is 29.8. The van der Waals surface area contributed by atoms with Crippen LogP contribution in [0.1, 0.15) is 49.3 Å². The number of carbonyl (C=O) groups is 1. The molecule has 2 fully saturated rings. The van der Waals surface area contributed by atoms with Crippen LogP contribution in [0.25, 0.3) is 0 Å². The summed E-state index contributed by atoms with van der Waals surface area (Å²) in [6.07, 6.45) is 8.11. The maximum absolute atomic E-state index is 13.5. The number of halogens is 3. The Labute approximate surface area is 210 Å². The quantitative estimate of drug-likeness (QED) is 0.518. The van der Waals surface area contributed by atoms with Crippen molar-refractivity contribution in [3.05, 3.63) is 53.6 Å². The Morgan fingerprint density at radius 2 is 1.97 bits per heavy atom. The number of likely N-dealkylation sites (tertiary alicyclic amines) is 1. The smallest absolute Gasteiger partial charge is 0.381 e. The van der Waals surface area contributed by atoms with Crippen molar-refractivity contribution in [1.82, 2.24) is 15.5 Å². The van der Waals surface area contributed by atoms with Crippen molar-refractivity contribution in [2.75, 3.05) is 38.0 Å². The molecule has 3 heterocycles. The average molecular weight is 505 g/mol. The summed E-state index contributed by atoms with van der Waals surface area (Å²) >= 11 is 0. The van der Waals surface area contributed by atoms with E-state index >= 15 is 0 Å². The molecule has 0 saturated carbocycles. The van der Waals surface area contributed by atoms with Crippen molar-refractivity contribution in [3.63, 3.8) is 0 Å². The molecular weight excluding hydrogens is 469 g/mol. The lowest BCUT2D eigenvalue weighted by molar-refractivity contribution is -0.138. The van der Waals surface area contributed by atoms with Gasteiger partial charge in [0.1, 0.15) is 0 Å². The highest BCUT2D eigenvalue weighted by Gasteiger charge is 2.45. The zero-order valence-electron chi connectivity index (χ0n) is 20.4. The molecule has 1 aromatic rings. The fourth-order valence-corrected chi connectivity index (χ4v) is 6.01. The van der Waals surface area contributed by atoms with Crippen LogP contribution < -0.4 is 16.0 Å². The Bertz CT molecular complexity index is 990. The minimum Gasteiger partial charge on any atom is -0.381 e. The average Bonchev–Trinajstić information content (AvgIpc) is 3.40. The van der Waals surface area contributed by atoms with Crippen LogP contribution in [-0.4, -0.2) is 55.8 Å². The summed E-state index contributed by atoms with van der Waals surface area (Å²) in [5, 5.41) is 9.34. The van der Waals surface area contributed by atoms with E-state index in [1.807, 2.05) is 12.2 Å². The van der Waals surface area contributed by atoms with Gasteiger partial charge in [-0.15, -0.1) is 0 Å². The number of alkyl halides is 3. The highest BCUT2D eigenvalue weighted by atomic mass is 19.4. The first-order valence-corrected chi connectivity index (χ1v) is 13.1. The fraction of sp³-hybridized carbons (Fsp3) is 0.593. The molecule has 2 amide bonds. The van der Waals surface area contributed by atoms with Gasteiger partial charge < -0.3 is 25.6 Å². The number of nitrogens with one attached hydrogen (secondary N) is 3. The van der Waals surface area contributed by atoms with E-state index in [4.69, 9.17) is 4.74 Å². The Kier molecular flexibility index (Phi) is 7.57. The maximum atomic E-state index is 13.5. The summed E-state index contributed by atoms with van der Waals surface area (Å²) in [5.41, 5.74) is 0.591. The van der Waals surface area contributed by atoms with Crippen molar-refractivity contribution in [3.8, 4) is 0 Å². The highest BCUT2D eigenvalue weighted by Crippen LogP contribution is 2.49. The topological polar surface area (TPSA) is 65.6 Å². The van der Waals surface area contributed by atoms with Crippen LogP contribution in [0.2, 0.25) is 0 Å². The van der Waals surface area contributed by atoms with Crippen molar-refractivity contribution in [2.45, 2.75) is 56.5 Å². The van der Waals surface area contributed by atoms with Crippen LogP contribution >= 0.6 is 0 Å². The monoisotopic (exact) mass is 504 g/mol. The molecular formula is C27H35F3N4O2. The molecule has 3 N–H and O–H groups in total. The van der Waals surface area contributed by atoms with Crippen LogP contribution in [0.5, 0.6) is 0 Å². The Hall–Kier alpha value is -2.52. The molecule has 5 atom stereocenters. The predicted octanol–water partition coefficient (Wildman–Crippen LogP) is 4.86. The molecule has 1 aromatic carbocycles. The summed E-state index contributed by atoms with van der Waals surface area (Å²) in [5.74, 6) is 0.297. The molecule has 5 rings (SSSR count). The number of hydrogen-bond acceptors (Lipinski definition) is 4. The molecule has 2 saturated heterocycles. The summed E-state index contributed by atoms with van der Waals surface area (Å²) in [6.45, 7) is 3.93. The van der Waals surface area contributed by atoms with Crippen LogP contribution in [-0.2, 0) is 10.9 Å². The van der Waals surface area contributed by atoms with E-state index in [1.165, 1.54) is 25.0 Å². The zero-order chi connectivity index (χ0) is 25.1. The number of hydrogen-bond donors (Lipinski definition) is 3. The van der Waals surface area contributed by atoms with Crippen LogP contribution in [0.3, 0.4) is 0 Å². The maximum Gasteiger partial charge on any atom is 0.416 e. The van der Waals surface area contributed by atoms with Gasteiger partial charge in [0.25, 0.3) is 0 Å². The van der Waals surface area contributed by atoms with E-state index < -0.39 is 17.8 Å². The van der Waals surface area contributed by atoms with Crippen molar-refractivity contribution >= 4 is 11.7 Å². The lowest BCUT2D eigenvalue weighted by atomic mass is 9.73. The summed E-state index contributed by atoms with van der Waals surface area (Å²) in [6, 6.07) is 3.73. The molecule has 196 valence electrons. The number of nitrogens with zero attached hydrogens (tertiary/aromatic N) is 1. The largest absolute Gasteiger partial charge is 0.416 e. The number of fused-ring (bicyclic) bond motifs is 3. The molecule has 0 spiro atoms. The number of ether oxygens (including phenoxy) is 1. The second kappa shape index (κ2) is 10.8. The van der Waals surface area contributed by atoms with Crippen molar-refractivity contribution in [2.24, 2.45) is 11.8 Å². The van der Waals surface area contributed by atoms with Crippen LogP contribution in [0, 0.1) is 11.8 Å². The van der Waals surface area contributed by atoms with Gasteiger partial charge in [0, 0.05) is 48.8 Å². The van der Waals surface area contributed by atoms with Gasteiger partial charge in [-0.2, -0.15) is 13.2 Å². The number of anilines is 1. The number of rotatable bonds is 6. The van der Waals surface area contributed by atoms with Gasteiger partial charge in [-0.05, 0) is 63.4 Å². The molecule has 4 aliphatic rings. The third kappa shape index (κ3) is 5.72. The van der Waals surface area contributed by atoms with Gasteiger partial charge in [0.05, 0.1) is 17.8 Å². The van der Waals surface area contributed by atoms with Gasteiger partial charge >= 0.3 is 12.2 Å². The molecule has 1 aliphatic carbocycles. The van der Waals surface area contributed by atoms with Gasteiger partial charge in [-0.25, -0.2) is 4.79 Å². The molecule has 6 nitrogen and oxygen atoms in total. The first-order chi connectivity index (χ1) is 17.4. The Balaban J connectivity index is 1.25. The van der Waals surface area contributed by atoms with E-state index in [0.717, 1.165) is 45.0 Å². The SMILES string of the molecule is O=C(NCCN1CCCC1)NC[C@H]1CC[C@@H]2[C@H](O1)c1cc(C(F)(F)F)ccc1N[C@H]2C1C=CC=CC1. The predicted molar refractivity (Wildman–Crippen MR) is 133 cm³/mol. The highest BCUT2D eigenvalue weighted by molar-refractivity contribution is 5.73. The Morgan fingerprint density at radius 3 is 2.72 bits per heavy atom. The summed E-state index contributed by atoms with van der Waals surface area (Å²) in [7, 11) is 0. The fourth-order valence-electron chi connectivity index (χ4n) is 6.01. The van der Waals surface area contributed by atoms with Gasteiger partial charge in [-0.3, -0.25) is 0 Å². The molecule has 36 heavy (non-hydrogen) atoms. The van der Waals surface area contributed by atoms with Gasteiger partial charge in [0.15, 0.2) is 0 Å². The van der Waals surface area contributed by atoms with Crippen molar-refractivity contribution in [1.29, 1.82) is 0 Å². The minimum absolute atomic E-state index is 0.0488. The van der Waals surface area contributed by atoms with E-state index in [-0.39, 0.29) is 30.0 Å². The second-order valence-electron chi connectivity index (χ2n) is 10.3. The van der Waals surface area contributed by atoms with E-state index in [1.54, 1.807) is 0 Å². The Morgan fingerprint density at radius 1 is 1.14 bits per heavy atom. The van der Waals surface area contributed by atoms with Gasteiger partial charge in [-0.1, -0.05) is 24.3 Å². The molecule has 1 unspecified atom stereocenters. The van der Waals surface area contributed by atoms with E-state index in [9.17, 15) is 18.0 Å². The number of urea groups is 1. The number of carbonyl (C=O) groups excluding carboxylic acids is 1. The number of amides is 2. The van der Waals surface area contributed by atoms with Crippen LogP contribution in [0.15, 0.2) is 42.5 Å². The number of allylic oxidation sites excluding steroid dienone is 3. The zero-order valence-corrected chi connectivity index (χ0v) is 20.4. The minimum atomic E-state index is -4.42. The van der Waals surface area contributed by atoms with Crippen LogP contribution in [0.4, 0.5) is 23.7 Å². The molecule has 0 aromatic heterocycles. The summed E-state index contributed by atoms with van der Waals surface area (Å²) < 4.78 is 46.9. The third-order valence-electron chi connectivity index (χ3n) is 7.90. The molecule has 0 bridgehead atoms. The lowest BCUT2D eigenvalue weighted by Crippen LogP contribution is -2.49. The first kappa shape index (κ1) is 25.1. The molecule has 9 heteroatoms. The first-order valence-electron chi connectivity index (χ1n) is 13.1. The summed E-state index contributed by atoms with van der Waals surface area (Å²) in [4.78, 5) is 14.6. The third-order valence-corrected chi connectivity index (χ3v) is 7.90. The molecule has 0 radical (unpaired) electrons. The lowest BCUT2D eigenvalue weighted by Gasteiger charge is -2.47. The standard InChI is InChI=1S/C27H35F3N4O2/c28-27(29,30)19-8-11-23-22(16-19)25-21(24(33-23)18-6-2-1-3-7-18)10-9-20(36-25)17-32-26(35)31-12-15-34-13-4-5-14-34/h1-3,6,8,11,16,18,20-21,24-25,33H,4-5,7,9-10,12-15,17H2,(H2,31,32,35)/t18?,20-,21+,24+,25+/m1/s1. The molecule has 3 aliphatic heterocycles.